The first-order valence-electron chi connectivity index (χ1n) is 5.78. The van der Waals surface area contributed by atoms with Gasteiger partial charge in [0.15, 0.2) is 5.78 Å². The lowest BCUT2D eigenvalue weighted by atomic mass is 9.97. The lowest BCUT2D eigenvalue weighted by Crippen LogP contribution is -2.09. The third kappa shape index (κ3) is 2.47. The fourth-order valence-electron chi connectivity index (χ4n) is 1.84. The Hall–Kier alpha value is -2.82. The van der Waals surface area contributed by atoms with E-state index >= 15 is 0 Å². The van der Waals surface area contributed by atoms with Crippen LogP contribution in [0.4, 0.5) is 0 Å². The molecule has 0 saturated carbocycles. The maximum absolute atomic E-state index is 12.3. The Morgan fingerprint density at radius 3 is 2.20 bits per heavy atom. The normalized spacial score (nSPS) is 10.1. The summed E-state index contributed by atoms with van der Waals surface area (Å²) in [5, 5.41) is 18.9. The molecule has 2 rings (SSSR count). The fourth-order valence-corrected chi connectivity index (χ4v) is 1.84. The van der Waals surface area contributed by atoms with Gasteiger partial charge < -0.3 is 14.9 Å². The van der Waals surface area contributed by atoms with Crippen LogP contribution in [0.3, 0.4) is 0 Å². The Bertz CT molecular complexity index is 676. The van der Waals surface area contributed by atoms with E-state index in [0.29, 0.717) is 5.75 Å². The van der Waals surface area contributed by atoms with Crippen LogP contribution in [0.5, 0.6) is 11.5 Å². The number of ether oxygens (including phenoxy) is 1. The molecule has 0 aliphatic heterocycles. The van der Waals surface area contributed by atoms with Gasteiger partial charge in [0.25, 0.3) is 0 Å². The third-order valence-electron chi connectivity index (χ3n) is 2.85. The molecule has 0 bridgehead atoms. The fraction of sp³-hybridized carbons (Fsp3) is 0.0667. The summed E-state index contributed by atoms with van der Waals surface area (Å²) in [4.78, 5) is 23.4. The molecule has 5 nitrogen and oxygen atoms in total. The van der Waals surface area contributed by atoms with E-state index in [4.69, 9.17) is 9.84 Å². The smallest absolute Gasteiger partial charge is 0.336 e. The van der Waals surface area contributed by atoms with Gasteiger partial charge in [-0.15, -0.1) is 0 Å². The Labute approximate surface area is 115 Å². The van der Waals surface area contributed by atoms with E-state index in [1.807, 2.05) is 0 Å². The number of phenols is 1. The molecule has 2 aromatic carbocycles. The standard InChI is InChI=1S/C15H12O5/c1-20-9-6-7-12(13(16)8-9)14(17)10-4-2-3-5-11(10)15(18)19/h2-8,16H,1H3,(H,18,19). The molecule has 20 heavy (non-hydrogen) atoms. The van der Waals surface area contributed by atoms with Gasteiger partial charge in [0.2, 0.25) is 0 Å². The minimum absolute atomic E-state index is 0.0273. The molecule has 0 amide bonds. The second-order valence-electron chi connectivity index (χ2n) is 4.06. The number of hydrogen-bond donors (Lipinski definition) is 2. The molecule has 102 valence electrons. The Balaban J connectivity index is 2.49. The van der Waals surface area contributed by atoms with Gasteiger partial charge in [0.05, 0.1) is 18.2 Å². The number of aromatic carboxylic acids is 1. The predicted molar refractivity (Wildman–Crippen MR) is 71.5 cm³/mol. The summed E-state index contributed by atoms with van der Waals surface area (Å²) in [6.45, 7) is 0. The molecule has 0 aliphatic rings. The first-order valence-corrected chi connectivity index (χ1v) is 5.78. The van der Waals surface area contributed by atoms with Crippen LogP contribution in [0.25, 0.3) is 0 Å². The molecular weight excluding hydrogens is 260 g/mol. The molecule has 0 saturated heterocycles. The zero-order chi connectivity index (χ0) is 14.7. The first-order chi connectivity index (χ1) is 9.54. The van der Waals surface area contributed by atoms with Crippen LogP contribution in [-0.4, -0.2) is 29.1 Å². The van der Waals surface area contributed by atoms with Gasteiger partial charge in [-0.3, -0.25) is 4.79 Å². The molecule has 0 fully saturated rings. The van der Waals surface area contributed by atoms with Crippen LogP contribution < -0.4 is 4.74 Å². The summed E-state index contributed by atoms with van der Waals surface area (Å²) in [5.41, 5.74) is -0.0484. The summed E-state index contributed by atoms with van der Waals surface area (Å²) in [6.07, 6.45) is 0. The van der Waals surface area contributed by atoms with Crippen molar-refractivity contribution in [2.45, 2.75) is 0 Å². The van der Waals surface area contributed by atoms with Crippen LogP contribution in [-0.2, 0) is 0 Å². The number of carboxylic acid groups (broad SMARTS) is 1. The van der Waals surface area contributed by atoms with Crippen molar-refractivity contribution < 1.29 is 24.5 Å². The van der Waals surface area contributed by atoms with E-state index in [9.17, 15) is 14.7 Å². The average Bonchev–Trinajstić information content (AvgIpc) is 2.46. The number of methoxy groups -OCH3 is 1. The van der Waals surface area contributed by atoms with E-state index < -0.39 is 11.8 Å². The summed E-state index contributed by atoms with van der Waals surface area (Å²) >= 11 is 0. The van der Waals surface area contributed by atoms with Crippen LogP contribution in [0.2, 0.25) is 0 Å². The van der Waals surface area contributed by atoms with Crippen molar-refractivity contribution in [2.24, 2.45) is 0 Å². The quantitative estimate of drug-likeness (QED) is 0.834. The number of phenolic OH excluding ortho intramolecular Hbond substituents is 1. The van der Waals surface area contributed by atoms with Crippen molar-refractivity contribution in [3.8, 4) is 11.5 Å². The molecule has 0 aliphatic carbocycles. The third-order valence-corrected chi connectivity index (χ3v) is 2.85. The van der Waals surface area contributed by atoms with Gasteiger partial charge in [-0.1, -0.05) is 18.2 Å². The molecule has 0 atom stereocenters. The lowest BCUT2D eigenvalue weighted by molar-refractivity contribution is 0.0692. The van der Waals surface area contributed by atoms with E-state index in [-0.39, 0.29) is 22.4 Å². The molecule has 0 aromatic heterocycles. The van der Waals surface area contributed by atoms with Gasteiger partial charge in [-0.05, 0) is 18.2 Å². The van der Waals surface area contributed by atoms with E-state index in [0.717, 1.165) is 0 Å². The summed E-state index contributed by atoms with van der Waals surface area (Å²) < 4.78 is 4.93. The van der Waals surface area contributed by atoms with Crippen LogP contribution in [0.1, 0.15) is 26.3 Å². The van der Waals surface area contributed by atoms with Crippen molar-refractivity contribution in [1.29, 1.82) is 0 Å². The molecule has 0 spiro atoms. The van der Waals surface area contributed by atoms with Crippen LogP contribution in [0, 0.1) is 0 Å². The van der Waals surface area contributed by atoms with Crippen molar-refractivity contribution in [3.05, 3.63) is 59.2 Å². The second-order valence-corrected chi connectivity index (χ2v) is 4.06. The summed E-state index contributed by atoms with van der Waals surface area (Å²) in [6, 6.07) is 10.1. The highest BCUT2D eigenvalue weighted by Gasteiger charge is 2.20. The molecule has 2 N–H and O–H groups in total. The molecule has 0 radical (unpaired) electrons. The van der Waals surface area contributed by atoms with E-state index in [2.05, 4.69) is 0 Å². The largest absolute Gasteiger partial charge is 0.507 e. The maximum atomic E-state index is 12.3. The number of carboxylic acids is 1. The molecule has 0 unspecified atom stereocenters. The highest BCUT2D eigenvalue weighted by atomic mass is 16.5. The van der Waals surface area contributed by atoms with Gasteiger partial charge in [0, 0.05) is 11.6 Å². The number of benzene rings is 2. The maximum Gasteiger partial charge on any atom is 0.336 e. The highest BCUT2D eigenvalue weighted by Crippen LogP contribution is 2.26. The number of rotatable bonds is 4. The molecule has 0 heterocycles. The van der Waals surface area contributed by atoms with Gasteiger partial charge in [0.1, 0.15) is 11.5 Å². The lowest BCUT2D eigenvalue weighted by Gasteiger charge is -2.08. The highest BCUT2D eigenvalue weighted by molar-refractivity contribution is 6.15. The predicted octanol–water partition coefficient (Wildman–Crippen LogP) is 2.33. The van der Waals surface area contributed by atoms with Crippen molar-refractivity contribution in [3.63, 3.8) is 0 Å². The number of carbonyl (C=O) groups excluding carboxylic acids is 1. The topological polar surface area (TPSA) is 83.8 Å². The average molecular weight is 272 g/mol. The van der Waals surface area contributed by atoms with Crippen molar-refractivity contribution >= 4 is 11.8 Å². The Kier molecular flexibility index (Phi) is 3.70. The van der Waals surface area contributed by atoms with Crippen molar-refractivity contribution in [2.75, 3.05) is 7.11 Å². The van der Waals surface area contributed by atoms with Gasteiger partial charge >= 0.3 is 5.97 Å². The van der Waals surface area contributed by atoms with Gasteiger partial charge in [-0.25, -0.2) is 4.79 Å². The minimum Gasteiger partial charge on any atom is -0.507 e. The second kappa shape index (κ2) is 5.44. The SMILES string of the molecule is COc1ccc(C(=O)c2ccccc2C(=O)O)c(O)c1. The minimum atomic E-state index is -1.19. The zero-order valence-electron chi connectivity index (χ0n) is 10.7. The number of ketones is 1. The summed E-state index contributed by atoms with van der Waals surface area (Å²) in [7, 11) is 1.44. The van der Waals surface area contributed by atoms with Crippen LogP contribution >= 0.6 is 0 Å². The monoisotopic (exact) mass is 272 g/mol. The summed E-state index contributed by atoms with van der Waals surface area (Å²) in [5.74, 6) is -1.59. The first kappa shape index (κ1) is 13.6. The van der Waals surface area contributed by atoms with E-state index in [1.165, 1.54) is 43.5 Å². The number of carbonyl (C=O) groups is 2. The molecule has 5 heteroatoms. The molecular formula is C15H12O5. The number of aromatic hydroxyl groups is 1. The van der Waals surface area contributed by atoms with Gasteiger partial charge in [-0.2, -0.15) is 0 Å². The van der Waals surface area contributed by atoms with E-state index in [1.54, 1.807) is 6.07 Å². The number of hydrogen-bond acceptors (Lipinski definition) is 4. The Morgan fingerprint density at radius 2 is 1.65 bits per heavy atom. The van der Waals surface area contributed by atoms with Crippen molar-refractivity contribution in [1.82, 2.24) is 0 Å². The zero-order valence-corrected chi connectivity index (χ0v) is 10.7. The van der Waals surface area contributed by atoms with Crippen LogP contribution in [0.15, 0.2) is 42.5 Å². The molecule has 2 aromatic rings. The Morgan fingerprint density at radius 1 is 1.00 bits per heavy atom.